The van der Waals surface area contributed by atoms with Crippen LogP contribution < -0.4 is 5.32 Å². The van der Waals surface area contributed by atoms with Crippen molar-refractivity contribution in [1.82, 2.24) is 9.88 Å². The van der Waals surface area contributed by atoms with Crippen LogP contribution in [0.5, 0.6) is 0 Å². The van der Waals surface area contributed by atoms with Crippen molar-refractivity contribution in [2.45, 2.75) is 59.9 Å². The number of aromatic nitrogens is 1. The number of likely N-dealkylation sites (tertiary alicyclic amines) is 1. The standard InChI is InChI=1S/C18H29N3O/c1-5-18(3,4)17(22)20-16-11-15(14(2)12-19-16)13-21-9-7-6-8-10-21/h11-12H,5-10,13H2,1-4H3,(H,19,20,22). The van der Waals surface area contributed by atoms with Gasteiger partial charge in [-0.1, -0.05) is 27.2 Å². The molecule has 1 saturated heterocycles. The third-order valence-corrected chi connectivity index (χ3v) is 4.80. The van der Waals surface area contributed by atoms with Crippen LogP contribution in [0.2, 0.25) is 0 Å². The molecule has 122 valence electrons. The molecule has 1 amide bonds. The second-order valence-corrected chi connectivity index (χ2v) is 7.02. The Morgan fingerprint density at radius 3 is 2.64 bits per heavy atom. The Morgan fingerprint density at radius 1 is 1.32 bits per heavy atom. The number of amides is 1. The van der Waals surface area contributed by atoms with E-state index in [1.165, 1.54) is 43.5 Å². The van der Waals surface area contributed by atoms with Crippen molar-refractivity contribution in [1.29, 1.82) is 0 Å². The van der Waals surface area contributed by atoms with Gasteiger partial charge in [0.05, 0.1) is 0 Å². The molecule has 0 atom stereocenters. The van der Waals surface area contributed by atoms with E-state index in [2.05, 4.69) is 22.1 Å². The highest BCUT2D eigenvalue weighted by Crippen LogP contribution is 2.23. The molecule has 0 bridgehead atoms. The monoisotopic (exact) mass is 303 g/mol. The van der Waals surface area contributed by atoms with Crippen LogP contribution in [0.1, 0.15) is 57.6 Å². The van der Waals surface area contributed by atoms with Gasteiger partial charge in [-0.15, -0.1) is 0 Å². The van der Waals surface area contributed by atoms with E-state index in [1.807, 2.05) is 33.0 Å². The molecule has 0 unspecified atom stereocenters. The third kappa shape index (κ3) is 4.29. The molecular formula is C18H29N3O. The first-order chi connectivity index (χ1) is 10.4. The largest absolute Gasteiger partial charge is 0.310 e. The minimum atomic E-state index is -0.362. The van der Waals surface area contributed by atoms with Crippen molar-refractivity contribution < 1.29 is 4.79 Å². The summed E-state index contributed by atoms with van der Waals surface area (Å²) in [5.74, 6) is 0.708. The number of carbonyl (C=O) groups is 1. The van der Waals surface area contributed by atoms with E-state index in [-0.39, 0.29) is 11.3 Å². The van der Waals surface area contributed by atoms with Gasteiger partial charge in [-0.05, 0) is 56.5 Å². The topological polar surface area (TPSA) is 45.2 Å². The SMILES string of the molecule is CCC(C)(C)C(=O)Nc1cc(CN2CCCCC2)c(C)cn1. The molecule has 1 fully saturated rings. The molecule has 1 aliphatic heterocycles. The summed E-state index contributed by atoms with van der Waals surface area (Å²) in [5, 5.41) is 2.97. The molecule has 4 nitrogen and oxygen atoms in total. The summed E-state index contributed by atoms with van der Waals surface area (Å²) in [6, 6.07) is 2.04. The van der Waals surface area contributed by atoms with Crippen LogP contribution in [0.3, 0.4) is 0 Å². The normalized spacial score (nSPS) is 16.5. The van der Waals surface area contributed by atoms with Gasteiger partial charge >= 0.3 is 0 Å². The Bertz CT molecular complexity index is 519. The predicted octanol–water partition coefficient (Wildman–Crippen LogP) is 3.75. The maximum Gasteiger partial charge on any atom is 0.231 e. The van der Waals surface area contributed by atoms with Crippen molar-refractivity contribution >= 4 is 11.7 Å². The minimum Gasteiger partial charge on any atom is -0.310 e. The number of pyridine rings is 1. The number of anilines is 1. The Kier molecular flexibility index (Phi) is 5.57. The molecule has 0 saturated carbocycles. The maximum absolute atomic E-state index is 12.3. The summed E-state index contributed by atoms with van der Waals surface area (Å²) in [5.41, 5.74) is 2.10. The number of nitrogens with zero attached hydrogens (tertiary/aromatic N) is 2. The van der Waals surface area contributed by atoms with Gasteiger partial charge < -0.3 is 5.32 Å². The zero-order valence-corrected chi connectivity index (χ0v) is 14.4. The number of rotatable bonds is 5. The molecule has 4 heteroatoms. The van der Waals surface area contributed by atoms with Gasteiger partial charge in [0.25, 0.3) is 0 Å². The van der Waals surface area contributed by atoms with Crippen LogP contribution in [-0.2, 0) is 11.3 Å². The van der Waals surface area contributed by atoms with Gasteiger partial charge in [-0.2, -0.15) is 0 Å². The Balaban J connectivity index is 2.07. The molecule has 0 spiro atoms. The molecule has 1 aliphatic rings. The van der Waals surface area contributed by atoms with Crippen molar-refractivity contribution in [3.8, 4) is 0 Å². The molecule has 22 heavy (non-hydrogen) atoms. The van der Waals surface area contributed by atoms with Crippen LogP contribution in [0.25, 0.3) is 0 Å². The number of carbonyl (C=O) groups excluding carboxylic acids is 1. The summed E-state index contributed by atoms with van der Waals surface area (Å²) < 4.78 is 0. The van der Waals surface area contributed by atoms with Crippen molar-refractivity contribution in [2.24, 2.45) is 5.41 Å². The van der Waals surface area contributed by atoms with Gasteiger partial charge in [0.15, 0.2) is 0 Å². The van der Waals surface area contributed by atoms with Crippen molar-refractivity contribution in [3.63, 3.8) is 0 Å². The van der Waals surface area contributed by atoms with E-state index in [4.69, 9.17) is 0 Å². The highest BCUT2D eigenvalue weighted by Gasteiger charge is 2.25. The molecule has 0 radical (unpaired) electrons. The lowest BCUT2D eigenvalue weighted by Crippen LogP contribution is -2.31. The fraction of sp³-hybridized carbons (Fsp3) is 0.667. The molecule has 1 aromatic rings. The van der Waals surface area contributed by atoms with Crippen LogP contribution >= 0.6 is 0 Å². The number of piperidine rings is 1. The molecule has 0 aromatic carbocycles. The summed E-state index contributed by atoms with van der Waals surface area (Å²) in [6.07, 6.45) is 6.61. The predicted molar refractivity (Wildman–Crippen MR) is 90.8 cm³/mol. The smallest absolute Gasteiger partial charge is 0.231 e. The summed E-state index contributed by atoms with van der Waals surface area (Å²) in [6.45, 7) is 11.3. The number of hydrogen-bond acceptors (Lipinski definition) is 3. The second kappa shape index (κ2) is 7.23. The zero-order chi connectivity index (χ0) is 16.2. The molecule has 2 heterocycles. The quantitative estimate of drug-likeness (QED) is 0.901. The van der Waals surface area contributed by atoms with Gasteiger partial charge in [0.1, 0.15) is 5.82 Å². The lowest BCUT2D eigenvalue weighted by atomic mass is 9.89. The Hall–Kier alpha value is -1.42. The van der Waals surface area contributed by atoms with E-state index < -0.39 is 0 Å². The van der Waals surface area contributed by atoms with Crippen LogP contribution in [0.15, 0.2) is 12.3 Å². The van der Waals surface area contributed by atoms with Crippen LogP contribution in [0.4, 0.5) is 5.82 Å². The first-order valence-corrected chi connectivity index (χ1v) is 8.41. The lowest BCUT2D eigenvalue weighted by molar-refractivity contribution is -0.124. The highest BCUT2D eigenvalue weighted by atomic mass is 16.2. The minimum absolute atomic E-state index is 0.0373. The van der Waals surface area contributed by atoms with E-state index in [1.54, 1.807) is 0 Å². The Morgan fingerprint density at radius 2 is 2.00 bits per heavy atom. The van der Waals surface area contributed by atoms with Gasteiger partial charge in [-0.25, -0.2) is 4.98 Å². The van der Waals surface area contributed by atoms with Gasteiger partial charge in [-0.3, -0.25) is 9.69 Å². The second-order valence-electron chi connectivity index (χ2n) is 7.02. The average Bonchev–Trinajstić information content (AvgIpc) is 2.51. The van der Waals surface area contributed by atoms with E-state index in [0.717, 1.165) is 13.0 Å². The lowest BCUT2D eigenvalue weighted by Gasteiger charge is -2.27. The molecule has 2 rings (SSSR count). The number of nitrogens with one attached hydrogen (secondary N) is 1. The first kappa shape index (κ1) is 16.9. The molecule has 0 aliphatic carbocycles. The molecular weight excluding hydrogens is 274 g/mol. The highest BCUT2D eigenvalue weighted by molar-refractivity contribution is 5.94. The van der Waals surface area contributed by atoms with Crippen LogP contribution in [-0.4, -0.2) is 28.9 Å². The number of aryl methyl sites for hydroxylation is 1. The first-order valence-electron chi connectivity index (χ1n) is 8.41. The fourth-order valence-electron chi connectivity index (χ4n) is 2.61. The van der Waals surface area contributed by atoms with E-state index >= 15 is 0 Å². The molecule has 1 aromatic heterocycles. The van der Waals surface area contributed by atoms with E-state index in [0.29, 0.717) is 5.82 Å². The fourth-order valence-corrected chi connectivity index (χ4v) is 2.61. The average molecular weight is 303 g/mol. The van der Waals surface area contributed by atoms with Gasteiger partial charge in [0, 0.05) is 18.2 Å². The van der Waals surface area contributed by atoms with Gasteiger partial charge in [0.2, 0.25) is 5.91 Å². The van der Waals surface area contributed by atoms with Crippen molar-refractivity contribution in [3.05, 3.63) is 23.4 Å². The summed E-state index contributed by atoms with van der Waals surface area (Å²) >= 11 is 0. The Labute approximate surface area is 134 Å². The summed E-state index contributed by atoms with van der Waals surface area (Å²) in [7, 11) is 0. The zero-order valence-electron chi connectivity index (χ0n) is 14.4. The summed E-state index contributed by atoms with van der Waals surface area (Å²) in [4.78, 5) is 19.2. The number of hydrogen-bond donors (Lipinski definition) is 1. The van der Waals surface area contributed by atoms with Crippen LogP contribution in [0, 0.1) is 12.3 Å². The maximum atomic E-state index is 12.3. The van der Waals surface area contributed by atoms with Crippen molar-refractivity contribution in [2.75, 3.05) is 18.4 Å². The van der Waals surface area contributed by atoms with E-state index in [9.17, 15) is 4.79 Å². The molecule has 1 N–H and O–H groups in total. The third-order valence-electron chi connectivity index (χ3n) is 4.80.